The third kappa shape index (κ3) is 0.938. The van der Waals surface area contributed by atoms with Gasteiger partial charge in [-0.25, -0.2) is 0 Å². The first-order valence-electron chi connectivity index (χ1n) is 8.27. The summed E-state index contributed by atoms with van der Waals surface area (Å²) in [5.74, 6) is 5.23. The van der Waals surface area contributed by atoms with Gasteiger partial charge in [0.25, 0.3) is 0 Å². The number of hydrogen-bond acceptors (Lipinski definition) is 0. The van der Waals surface area contributed by atoms with Crippen LogP contribution in [0.5, 0.6) is 0 Å². The highest BCUT2D eigenvalue weighted by atomic mass is 15.0. The fourth-order valence-electron chi connectivity index (χ4n) is 7.44. The Kier molecular flexibility index (Phi) is 1.79. The highest BCUT2D eigenvalue weighted by Gasteiger charge is 2.95. The molecule has 5 aliphatic rings. The Morgan fingerprint density at radius 2 is 2.00 bits per heavy atom. The first-order chi connectivity index (χ1) is 9.22. The Bertz CT molecular complexity index is 530. The van der Waals surface area contributed by atoms with Gasteiger partial charge in [-0.3, -0.25) is 0 Å². The molecule has 0 amide bonds. The van der Waals surface area contributed by atoms with Crippen LogP contribution in [0.1, 0.15) is 45.1 Å². The van der Waals surface area contributed by atoms with Gasteiger partial charge in [0.1, 0.15) is 0 Å². The molecular formula is C19H24. The van der Waals surface area contributed by atoms with E-state index in [0.29, 0.717) is 5.41 Å². The maximum absolute atomic E-state index is 2.43. The molecule has 0 heteroatoms. The molecule has 5 fully saturated rings. The number of fused-ring (bicyclic) bond motifs is 1. The first-order valence-corrected chi connectivity index (χ1v) is 8.27. The Hall–Kier alpha value is -0.780. The Labute approximate surface area is 116 Å². The highest BCUT2D eigenvalue weighted by Crippen LogP contribution is 2.98. The first kappa shape index (κ1) is 10.9. The summed E-state index contributed by atoms with van der Waals surface area (Å²) >= 11 is 0. The molecule has 6 unspecified atom stereocenters. The van der Waals surface area contributed by atoms with Gasteiger partial charge < -0.3 is 0 Å². The molecule has 0 aliphatic heterocycles. The van der Waals surface area contributed by atoms with Crippen LogP contribution in [0, 0.1) is 35.0 Å². The zero-order valence-electron chi connectivity index (χ0n) is 12.1. The van der Waals surface area contributed by atoms with E-state index in [2.05, 4.69) is 44.2 Å². The maximum atomic E-state index is 2.43. The molecule has 6 rings (SSSR count). The smallest absolute Gasteiger partial charge is 0.00547 e. The van der Waals surface area contributed by atoms with E-state index in [1.807, 2.05) is 0 Å². The van der Waals surface area contributed by atoms with Gasteiger partial charge in [-0.1, -0.05) is 44.2 Å². The van der Waals surface area contributed by atoms with Crippen LogP contribution in [0.3, 0.4) is 0 Å². The van der Waals surface area contributed by atoms with Crippen LogP contribution in [0.25, 0.3) is 0 Å². The number of rotatable bonds is 3. The fraction of sp³-hybridized carbons (Fsp3) is 0.684. The predicted molar refractivity (Wildman–Crippen MR) is 77.8 cm³/mol. The molecule has 100 valence electrons. The molecule has 1 aromatic rings. The van der Waals surface area contributed by atoms with Gasteiger partial charge in [0.15, 0.2) is 0 Å². The summed E-state index contributed by atoms with van der Waals surface area (Å²) < 4.78 is 0. The average Bonchev–Trinajstić information content (AvgIpc) is 2.83. The SMILES string of the molecule is CC(C)CC1CC2(c3ccccc3)C3C4CCC32C14. The van der Waals surface area contributed by atoms with Crippen molar-refractivity contribution >= 4 is 0 Å². The molecule has 5 aliphatic carbocycles. The molecule has 0 saturated heterocycles. The summed E-state index contributed by atoms with van der Waals surface area (Å²) in [6.07, 6.45) is 6.10. The average molecular weight is 252 g/mol. The van der Waals surface area contributed by atoms with Crippen molar-refractivity contribution in [1.29, 1.82) is 0 Å². The second-order valence-electron chi connectivity index (χ2n) is 8.18. The summed E-state index contributed by atoms with van der Waals surface area (Å²) in [5.41, 5.74) is 3.12. The molecule has 1 spiro atoms. The van der Waals surface area contributed by atoms with Crippen molar-refractivity contribution in [3.8, 4) is 0 Å². The molecule has 1 aromatic carbocycles. The van der Waals surface area contributed by atoms with Crippen LogP contribution in [0.15, 0.2) is 30.3 Å². The van der Waals surface area contributed by atoms with Gasteiger partial charge in [-0.05, 0) is 66.3 Å². The normalized spacial score (nSPS) is 52.2. The van der Waals surface area contributed by atoms with Gasteiger partial charge in [-0.2, -0.15) is 0 Å². The Balaban J connectivity index is 1.57. The van der Waals surface area contributed by atoms with Crippen molar-refractivity contribution in [2.24, 2.45) is 35.0 Å². The molecular weight excluding hydrogens is 228 g/mol. The molecule has 0 aromatic heterocycles. The number of benzene rings is 1. The zero-order chi connectivity index (χ0) is 12.8. The summed E-state index contributed by atoms with van der Waals surface area (Å²) in [5, 5.41) is 0. The summed E-state index contributed by atoms with van der Waals surface area (Å²) in [6, 6.07) is 11.6. The van der Waals surface area contributed by atoms with Crippen molar-refractivity contribution in [1.82, 2.24) is 0 Å². The quantitative estimate of drug-likeness (QED) is 0.734. The minimum absolute atomic E-state index is 0.640. The lowest BCUT2D eigenvalue weighted by atomic mass is 9.63. The third-order valence-electron chi connectivity index (χ3n) is 7.36. The number of hydrogen-bond donors (Lipinski definition) is 0. The van der Waals surface area contributed by atoms with Gasteiger partial charge in [0, 0.05) is 5.41 Å². The van der Waals surface area contributed by atoms with E-state index in [-0.39, 0.29) is 0 Å². The second kappa shape index (κ2) is 3.10. The molecule has 6 atom stereocenters. The fourth-order valence-corrected chi connectivity index (χ4v) is 7.44. The molecule has 5 saturated carbocycles. The van der Waals surface area contributed by atoms with E-state index in [4.69, 9.17) is 0 Å². The summed E-state index contributed by atoms with van der Waals surface area (Å²) in [7, 11) is 0. The van der Waals surface area contributed by atoms with E-state index in [9.17, 15) is 0 Å². The minimum Gasteiger partial charge on any atom is -0.0628 e. The van der Waals surface area contributed by atoms with Crippen molar-refractivity contribution in [3.05, 3.63) is 35.9 Å². The molecule has 0 heterocycles. The Morgan fingerprint density at radius 1 is 1.21 bits per heavy atom. The lowest BCUT2D eigenvalue weighted by molar-refractivity contribution is 0.0666. The molecule has 19 heavy (non-hydrogen) atoms. The molecule has 0 nitrogen and oxygen atoms in total. The summed E-state index contributed by atoms with van der Waals surface area (Å²) in [6.45, 7) is 4.82. The maximum Gasteiger partial charge on any atom is 0.00547 e. The van der Waals surface area contributed by atoms with Crippen LogP contribution in [-0.4, -0.2) is 0 Å². The van der Waals surface area contributed by atoms with Crippen molar-refractivity contribution in [2.45, 2.75) is 44.9 Å². The van der Waals surface area contributed by atoms with E-state index in [1.165, 1.54) is 12.8 Å². The third-order valence-corrected chi connectivity index (χ3v) is 7.36. The van der Waals surface area contributed by atoms with Gasteiger partial charge in [0.2, 0.25) is 0 Å². The van der Waals surface area contributed by atoms with Crippen LogP contribution in [0.4, 0.5) is 0 Å². The van der Waals surface area contributed by atoms with E-state index < -0.39 is 0 Å². The van der Waals surface area contributed by atoms with Gasteiger partial charge >= 0.3 is 0 Å². The van der Waals surface area contributed by atoms with E-state index in [1.54, 1.807) is 18.4 Å². The van der Waals surface area contributed by atoms with Crippen LogP contribution in [0.2, 0.25) is 0 Å². The summed E-state index contributed by atoms with van der Waals surface area (Å²) in [4.78, 5) is 0. The van der Waals surface area contributed by atoms with Crippen molar-refractivity contribution < 1.29 is 0 Å². The standard InChI is InChI=1S/C19H24/c1-12(2)10-13-11-19(14-6-4-3-5-7-14)17-15-8-9-18(17,19)16(13)15/h3-7,12-13,15-17H,8-11H2,1-2H3. The highest BCUT2D eigenvalue weighted by molar-refractivity contribution is 5.54. The van der Waals surface area contributed by atoms with Crippen molar-refractivity contribution in [3.63, 3.8) is 0 Å². The van der Waals surface area contributed by atoms with Crippen molar-refractivity contribution in [2.75, 3.05) is 0 Å². The zero-order valence-corrected chi connectivity index (χ0v) is 12.1. The van der Waals surface area contributed by atoms with Crippen LogP contribution in [-0.2, 0) is 5.41 Å². The minimum atomic E-state index is 0.640. The monoisotopic (exact) mass is 252 g/mol. The molecule has 2 bridgehead atoms. The lowest BCUT2D eigenvalue weighted by Crippen LogP contribution is -2.36. The predicted octanol–water partition coefficient (Wildman–Crippen LogP) is 4.65. The molecule has 0 N–H and O–H groups in total. The molecule has 0 radical (unpaired) electrons. The topological polar surface area (TPSA) is 0 Å². The van der Waals surface area contributed by atoms with Crippen LogP contribution >= 0.6 is 0 Å². The van der Waals surface area contributed by atoms with Gasteiger partial charge in [0.05, 0.1) is 0 Å². The van der Waals surface area contributed by atoms with E-state index in [0.717, 1.165) is 35.0 Å². The van der Waals surface area contributed by atoms with Crippen LogP contribution < -0.4 is 0 Å². The van der Waals surface area contributed by atoms with Gasteiger partial charge in [-0.15, -0.1) is 0 Å². The van der Waals surface area contributed by atoms with E-state index >= 15 is 0 Å². The largest absolute Gasteiger partial charge is 0.0628 e. The lowest BCUT2D eigenvalue weighted by Gasteiger charge is -2.41. The Morgan fingerprint density at radius 3 is 2.74 bits per heavy atom. The second-order valence-corrected chi connectivity index (χ2v) is 8.18.